The molecular formula is C12H20N2O3S2. The molecule has 0 aromatic carbocycles. The average Bonchev–Trinajstić information content (AvgIpc) is 2.70. The second kappa shape index (κ2) is 6.81. The van der Waals surface area contributed by atoms with E-state index in [0.29, 0.717) is 30.5 Å². The van der Waals surface area contributed by atoms with Crippen molar-refractivity contribution in [3.63, 3.8) is 0 Å². The van der Waals surface area contributed by atoms with Gasteiger partial charge in [-0.25, -0.2) is 8.42 Å². The molecule has 1 N–H and O–H groups in total. The molecule has 1 aromatic heterocycles. The van der Waals surface area contributed by atoms with Gasteiger partial charge in [-0.05, 0) is 38.6 Å². The minimum atomic E-state index is -3.34. The van der Waals surface area contributed by atoms with E-state index >= 15 is 0 Å². The molecule has 19 heavy (non-hydrogen) atoms. The topological polar surface area (TPSA) is 58.6 Å². The molecule has 0 bridgehead atoms. The molecule has 2 heterocycles. The van der Waals surface area contributed by atoms with Crippen molar-refractivity contribution in [2.45, 2.75) is 17.1 Å². The first-order chi connectivity index (χ1) is 9.14. The minimum absolute atomic E-state index is 0.445. The fraction of sp³-hybridized carbons (Fsp3) is 0.667. The Balaban J connectivity index is 2.11. The van der Waals surface area contributed by atoms with E-state index in [1.165, 1.54) is 15.6 Å². The Morgan fingerprint density at radius 3 is 3.00 bits per heavy atom. The van der Waals surface area contributed by atoms with Gasteiger partial charge in [0.25, 0.3) is 10.0 Å². The first-order valence-corrected chi connectivity index (χ1v) is 8.71. The number of likely N-dealkylation sites (N-methyl/N-ethyl adjacent to an activating group) is 1. The van der Waals surface area contributed by atoms with Crippen molar-refractivity contribution >= 4 is 21.4 Å². The summed E-state index contributed by atoms with van der Waals surface area (Å²) in [5.41, 5.74) is 0. The molecule has 0 aliphatic carbocycles. The quantitative estimate of drug-likeness (QED) is 0.879. The van der Waals surface area contributed by atoms with Crippen LogP contribution in [-0.2, 0) is 21.2 Å². The largest absolute Gasteiger partial charge is 0.380 e. The smallest absolute Gasteiger partial charge is 0.252 e. The molecule has 0 saturated carbocycles. The first-order valence-electron chi connectivity index (χ1n) is 6.46. The Morgan fingerprint density at radius 1 is 1.37 bits per heavy atom. The Bertz CT molecular complexity index is 491. The maximum Gasteiger partial charge on any atom is 0.252 e. The number of hydrogen-bond acceptors (Lipinski definition) is 5. The zero-order chi connectivity index (χ0) is 13.7. The maximum atomic E-state index is 12.5. The SMILES string of the molecule is CNCCc1ccc(S(=O)(=O)N2CCCOCC2)s1. The monoisotopic (exact) mass is 304 g/mol. The van der Waals surface area contributed by atoms with Crippen LogP contribution in [-0.4, -0.2) is 52.6 Å². The van der Waals surface area contributed by atoms with Crippen LogP contribution in [0.25, 0.3) is 0 Å². The molecule has 0 spiro atoms. The second-order valence-electron chi connectivity index (χ2n) is 4.44. The van der Waals surface area contributed by atoms with Gasteiger partial charge in [-0.1, -0.05) is 0 Å². The molecule has 1 aliphatic heterocycles. The van der Waals surface area contributed by atoms with E-state index in [4.69, 9.17) is 4.74 Å². The molecule has 7 heteroatoms. The second-order valence-corrected chi connectivity index (χ2v) is 7.78. The highest BCUT2D eigenvalue weighted by atomic mass is 32.2. The summed E-state index contributed by atoms with van der Waals surface area (Å²) in [5.74, 6) is 0. The van der Waals surface area contributed by atoms with E-state index in [1.807, 2.05) is 13.1 Å². The van der Waals surface area contributed by atoms with Crippen LogP contribution in [0.2, 0.25) is 0 Å². The molecule has 1 fully saturated rings. The molecule has 0 amide bonds. The zero-order valence-electron chi connectivity index (χ0n) is 11.1. The van der Waals surface area contributed by atoms with E-state index in [0.717, 1.165) is 24.3 Å². The summed E-state index contributed by atoms with van der Waals surface area (Å²) >= 11 is 1.37. The van der Waals surface area contributed by atoms with Crippen molar-refractivity contribution in [3.05, 3.63) is 17.0 Å². The van der Waals surface area contributed by atoms with E-state index in [1.54, 1.807) is 6.07 Å². The summed E-state index contributed by atoms with van der Waals surface area (Å²) in [4.78, 5) is 1.10. The van der Waals surface area contributed by atoms with Gasteiger partial charge in [0.1, 0.15) is 4.21 Å². The summed E-state index contributed by atoms with van der Waals surface area (Å²) in [7, 11) is -1.45. The lowest BCUT2D eigenvalue weighted by atomic mass is 10.3. The van der Waals surface area contributed by atoms with Crippen molar-refractivity contribution in [1.29, 1.82) is 0 Å². The highest BCUT2D eigenvalue weighted by Gasteiger charge is 2.26. The van der Waals surface area contributed by atoms with E-state index in [9.17, 15) is 8.42 Å². The third-order valence-electron chi connectivity index (χ3n) is 3.03. The normalized spacial score (nSPS) is 18.4. The van der Waals surface area contributed by atoms with Crippen molar-refractivity contribution < 1.29 is 13.2 Å². The van der Waals surface area contributed by atoms with Gasteiger partial charge in [0.15, 0.2) is 0 Å². The fourth-order valence-corrected chi connectivity index (χ4v) is 4.94. The highest BCUT2D eigenvalue weighted by molar-refractivity contribution is 7.91. The van der Waals surface area contributed by atoms with Crippen LogP contribution >= 0.6 is 11.3 Å². The lowest BCUT2D eigenvalue weighted by Crippen LogP contribution is -2.32. The summed E-state index contributed by atoms with van der Waals surface area (Å²) in [6.07, 6.45) is 1.62. The lowest BCUT2D eigenvalue weighted by Gasteiger charge is -2.17. The molecule has 108 valence electrons. The molecule has 1 aromatic rings. The number of nitrogens with one attached hydrogen (secondary N) is 1. The molecule has 0 radical (unpaired) electrons. The van der Waals surface area contributed by atoms with Crippen molar-refractivity contribution in [3.8, 4) is 0 Å². The zero-order valence-corrected chi connectivity index (χ0v) is 12.7. The molecular weight excluding hydrogens is 284 g/mol. The van der Waals surface area contributed by atoms with Crippen molar-refractivity contribution in [2.24, 2.45) is 0 Å². The standard InChI is InChI=1S/C12H20N2O3S2/c1-13-6-5-11-3-4-12(18-11)19(15,16)14-7-2-9-17-10-8-14/h3-4,13H,2,5-10H2,1H3. The fourth-order valence-electron chi connectivity index (χ4n) is 1.97. The number of nitrogens with zero attached hydrogens (tertiary/aromatic N) is 1. The number of rotatable bonds is 5. The predicted octanol–water partition coefficient (Wildman–Crippen LogP) is 0.921. The average molecular weight is 304 g/mol. The summed E-state index contributed by atoms with van der Waals surface area (Å²) in [6, 6.07) is 3.62. The van der Waals surface area contributed by atoms with Crippen molar-refractivity contribution in [2.75, 3.05) is 39.9 Å². The van der Waals surface area contributed by atoms with Crippen molar-refractivity contribution in [1.82, 2.24) is 9.62 Å². The van der Waals surface area contributed by atoms with Crippen LogP contribution in [0, 0.1) is 0 Å². The number of ether oxygens (including phenoxy) is 1. The third-order valence-corrected chi connectivity index (χ3v) is 6.54. The van der Waals surface area contributed by atoms with E-state index < -0.39 is 10.0 Å². The number of hydrogen-bond donors (Lipinski definition) is 1. The lowest BCUT2D eigenvalue weighted by molar-refractivity contribution is 0.148. The van der Waals surface area contributed by atoms with Gasteiger partial charge in [-0.2, -0.15) is 4.31 Å². The summed E-state index contributed by atoms with van der Waals surface area (Å²) < 4.78 is 32.3. The Labute approximate surface area is 118 Å². The Hall–Kier alpha value is -0.470. The van der Waals surface area contributed by atoms with Crippen LogP contribution in [0.5, 0.6) is 0 Å². The van der Waals surface area contributed by atoms with Crippen LogP contribution in [0.4, 0.5) is 0 Å². The number of sulfonamides is 1. The van der Waals surface area contributed by atoms with E-state index in [2.05, 4.69) is 5.32 Å². The predicted molar refractivity (Wildman–Crippen MR) is 76.1 cm³/mol. The van der Waals surface area contributed by atoms with Crippen LogP contribution in [0.15, 0.2) is 16.3 Å². The molecule has 0 atom stereocenters. The van der Waals surface area contributed by atoms with Gasteiger partial charge in [0.2, 0.25) is 0 Å². The molecule has 2 rings (SSSR count). The van der Waals surface area contributed by atoms with Gasteiger partial charge in [-0.15, -0.1) is 11.3 Å². The van der Waals surface area contributed by atoms with Gasteiger partial charge < -0.3 is 10.1 Å². The van der Waals surface area contributed by atoms with E-state index in [-0.39, 0.29) is 0 Å². The van der Waals surface area contributed by atoms with Gasteiger partial charge in [-0.3, -0.25) is 0 Å². The molecule has 1 saturated heterocycles. The van der Waals surface area contributed by atoms with Crippen LogP contribution in [0.1, 0.15) is 11.3 Å². The minimum Gasteiger partial charge on any atom is -0.380 e. The molecule has 0 unspecified atom stereocenters. The van der Waals surface area contributed by atoms with Gasteiger partial charge >= 0.3 is 0 Å². The first kappa shape index (κ1) is 14.9. The molecule has 5 nitrogen and oxygen atoms in total. The maximum absolute atomic E-state index is 12.5. The van der Waals surface area contributed by atoms with Crippen LogP contribution in [0.3, 0.4) is 0 Å². The Kier molecular flexibility index (Phi) is 5.35. The van der Waals surface area contributed by atoms with Crippen LogP contribution < -0.4 is 5.32 Å². The molecule has 1 aliphatic rings. The third kappa shape index (κ3) is 3.76. The number of thiophene rings is 1. The highest BCUT2D eigenvalue weighted by Crippen LogP contribution is 2.25. The van der Waals surface area contributed by atoms with Gasteiger partial charge in [0.05, 0.1) is 6.61 Å². The van der Waals surface area contributed by atoms with Gasteiger partial charge in [0, 0.05) is 24.6 Å². The Morgan fingerprint density at radius 2 is 2.21 bits per heavy atom. The summed E-state index contributed by atoms with van der Waals surface area (Å²) in [5, 5.41) is 3.07. The summed E-state index contributed by atoms with van der Waals surface area (Å²) in [6.45, 7) is 2.98.